The zero-order chi connectivity index (χ0) is 10.6. The first-order chi connectivity index (χ1) is 6.55. The van der Waals surface area contributed by atoms with Crippen molar-refractivity contribution in [3.05, 3.63) is 12.2 Å². The number of rotatable bonds is 4. The molecule has 1 fully saturated rings. The van der Waals surface area contributed by atoms with E-state index < -0.39 is 9.84 Å². The van der Waals surface area contributed by atoms with E-state index in [0.29, 0.717) is 17.4 Å². The molecular weight excluding hydrogens is 198 g/mol. The fraction of sp³-hybridized carbons (Fsp3) is 0.800. The van der Waals surface area contributed by atoms with Crippen LogP contribution in [0.15, 0.2) is 12.2 Å². The summed E-state index contributed by atoms with van der Waals surface area (Å²) < 4.78 is 22.4. The highest BCUT2D eigenvalue weighted by Gasteiger charge is 2.24. The predicted molar refractivity (Wildman–Crippen MR) is 59.1 cm³/mol. The molecule has 1 aliphatic heterocycles. The molecule has 0 spiro atoms. The van der Waals surface area contributed by atoms with Gasteiger partial charge in [-0.3, -0.25) is 0 Å². The lowest BCUT2D eigenvalue weighted by molar-refractivity contribution is 0.506. The van der Waals surface area contributed by atoms with Gasteiger partial charge in [-0.15, -0.1) is 0 Å². The monoisotopic (exact) mass is 217 g/mol. The van der Waals surface area contributed by atoms with Gasteiger partial charge in [-0.25, -0.2) is 8.42 Å². The minimum absolute atomic E-state index is 0.343. The summed E-state index contributed by atoms with van der Waals surface area (Å²) in [7, 11) is -0.811. The van der Waals surface area contributed by atoms with Crippen LogP contribution in [0.25, 0.3) is 0 Å². The van der Waals surface area contributed by atoms with E-state index in [1.165, 1.54) is 5.57 Å². The van der Waals surface area contributed by atoms with Gasteiger partial charge in [0.15, 0.2) is 0 Å². The van der Waals surface area contributed by atoms with Gasteiger partial charge in [0.1, 0.15) is 9.84 Å². The van der Waals surface area contributed by atoms with Crippen molar-refractivity contribution in [2.75, 3.05) is 25.1 Å². The highest BCUT2D eigenvalue weighted by molar-refractivity contribution is 7.91. The standard InChI is InChI=1S/C10H19NO2S/c1-9(3-6-11-2)10-4-7-14(12,13)8-5-10/h10-11H,1,3-8H2,2H3. The zero-order valence-corrected chi connectivity index (χ0v) is 9.57. The Morgan fingerprint density at radius 3 is 2.50 bits per heavy atom. The van der Waals surface area contributed by atoms with Crippen LogP contribution < -0.4 is 5.32 Å². The molecule has 0 aromatic heterocycles. The van der Waals surface area contributed by atoms with Crippen LogP contribution in [0.4, 0.5) is 0 Å². The van der Waals surface area contributed by atoms with E-state index in [2.05, 4.69) is 11.9 Å². The summed E-state index contributed by atoms with van der Waals surface area (Å²) in [5, 5.41) is 3.07. The average Bonchev–Trinajstić information content (AvgIpc) is 2.14. The maximum absolute atomic E-state index is 11.2. The molecule has 0 saturated carbocycles. The van der Waals surface area contributed by atoms with Gasteiger partial charge in [0.2, 0.25) is 0 Å². The van der Waals surface area contributed by atoms with Crippen molar-refractivity contribution in [3.63, 3.8) is 0 Å². The molecule has 3 nitrogen and oxygen atoms in total. The molecule has 0 amide bonds. The lowest BCUT2D eigenvalue weighted by Gasteiger charge is -2.23. The molecule has 0 bridgehead atoms. The highest BCUT2D eigenvalue weighted by atomic mass is 32.2. The Morgan fingerprint density at radius 1 is 1.43 bits per heavy atom. The van der Waals surface area contributed by atoms with Crippen molar-refractivity contribution in [2.24, 2.45) is 5.92 Å². The number of hydrogen-bond acceptors (Lipinski definition) is 3. The van der Waals surface area contributed by atoms with Gasteiger partial charge in [0.25, 0.3) is 0 Å². The fourth-order valence-electron chi connectivity index (χ4n) is 1.79. The van der Waals surface area contributed by atoms with E-state index in [4.69, 9.17) is 0 Å². The van der Waals surface area contributed by atoms with Crippen LogP contribution in [-0.2, 0) is 9.84 Å². The van der Waals surface area contributed by atoms with Crippen molar-refractivity contribution < 1.29 is 8.42 Å². The maximum atomic E-state index is 11.2. The SMILES string of the molecule is C=C(CCNC)C1CCS(=O)(=O)CC1. The first-order valence-electron chi connectivity index (χ1n) is 5.08. The van der Waals surface area contributed by atoms with Gasteiger partial charge in [0.05, 0.1) is 11.5 Å². The third-order valence-electron chi connectivity index (χ3n) is 2.83. The molecule has 0 unspecified atom stereocenters. The molecule has 0 aromatic rings. The first kappa shape index (κ1) is 11.7. The second kappa shape index (κ2) is 4.94. The topological polar surface area (TPSA) is 46.2 Å². The third kappa shape index (κ3) is 3.42. The quantitative estimate of drug-likeness (QED) is 0.714. The minimum atomic E-state index is -2.73. The largest absolute Gasteiger partial charge is 0.319 e. The molecule has 0 aromatic carbocycles. The summed E-state index contributed by atoms with van der Waals surface area (Å²) in [6.45, 7) is 4.96. The average molecular weight is 217 g/mol. The molecule has 14 heavy (non-hydrogen) atoms. The molecule has 1 saturated heterocycles. The van der Waals surface area contributed by atoms with Crippen LogP contribution in [-0.4, -0.2) is 33.5 Å². The molecule has 0 radical (unpaired) electrons. The molecule has 82 valence electrons. The van der Waals surface area contributed by atoms with E-state index in [9.17, 15) is 8.42 Å². The summed E-state index contributed by atoms with van der Waals surface area (Å²) in [6, 6.07) is 0. The summed E-state index contributed by atoms with van der Waals surface area (Å²) in [4.78, 5) is 0. The molecule has 1 rings (SSSR count). The van der Waals surface area contributed by atoms with Crippen LogP contribution in [0.3, 0.4) is 0 Å². The second-order valence-corrected chi connectivity index (χ2v) is 6.24. The molecule has 1 N–H and O–H groups in total. The zero-order valence-electron chi connectivity index (χ0n) is 8.75. The molecule has 1 aliphatic rings. The van der Waals surface area contributed by atoms with E-state index in [1.807, 2.05) is 7.05 Å². The number of hydrogen-bond donors (Lipinski definition) is 1. The Hall–Kier alpha value is -0.350. The first-order valence-corrected chi connectivity index (χ1v) is 6.90. The van der Waals surface area contributed by atoms with E-state index in [1.54, 1.807) is 0 Å². The molecule has 0 atom stereocenters. The summed E-state index contributed by atoms with van der Waals surface area (Å²) in [6.07, 6.45) is 2.50. The van der Waals surface area contributed by atoms with Gasteiger partial charge in [0, 0.05) is 0 Å². The lowest BCUT2D eigenvalue weighted by atomic mass is 9.92. The van der Waals surface area contributed by atoms with Crippen LogP contribution in [0.5, 0.6) is 0 Å². The van der Waals surface area contributed by atoms with Crippen molar-refractivity contribution in [3.8, 4) is 0 Å². The number of nitrogens with one attached hydrogen (secondary N) is 1. The van der Waals surface area contributed by atoms with Crippen LogP contribution >= 0.6 is 0 Å². The van der Waals surface area contributed by atoms with Gasteiger partial charge >= 0.3 is 0 Å². The maximum Gasteiger partial charge on any atom is 0.150 e. The predicted octanol–water partition coefficient (Wildman–Crippen LogP) is 0.977. The van der Waals surface area contributed by atoms with Gasteiger partial charge in [-0.2, -0.15) is 0 Å². The van der Waals surface area contributed by atoms with Crippen molar-refractivity contribution in [1.29, 1.82) is 0 Å². The normalized spacial score (nSPS) is 22.1. The molecular formula is C10H19NO2S. The van der Waals surface area contributed by atoms with Gasteiger partial charge in [-0.05, 0) is 38.8 Å². The Kier molecular flexibility index (Phi) is 4.13. The second-order valence-electron chi connectivity index (χ2n) is 3.94. The lowest BCUT2D eigenvalue weighted by Crippen LogP contribution is -2.25. The Balaban J connectivity index is 2.38. The van der Waals surface area contributed by atoms with E-state index in [-0.39, 0.29) is 0 Å². The van der Waals surface area contributed by atoms with Gasteiger partial charge < -0.3 is 5.32 Å². The molecule has 0 aliphatic carbocycles. The molecule has 4 heteroatoms. The van der Waals surface area contributed by atoms with E-state index in [0.717, 1.165) is 25.8 Å². The smallest absolute Gasteiger partial charge is 0.150 e. The van der Waals surface area contributed by atoms with Crippen molar-refractivity contribution in [1.82, 2.24) is 5.32 Å². The van der Waals surface area contributed by atoms with E-state index >= 15 is 0 Å². The Bertz CT molecular complexity index is 281. The Labute approximate surface area is 86.5 Å². The highest BCUT2D eigenvalue weighted by Crippen LogP contribution is 2.26. The van der Waals surface area contributed by atoms with Crippen LogP contribution in [0, 0.1) is 5.92 Å². The molecule has 1 heterocycles. The summed E-state index contributed by atoms with van der Waals surface area (Å²) in [5.74, 6) is 1.11. The minimum Gasteiger partial charge on any atom is -0.319 e. The van der Waals surface area contributed by atoms with Crippen molar-refractivity contribution >= 4 is 9.84 Å². The Morgan fingerprint density at radius 2 is 2.00 bits per heavy atom. The fourth-order valence-corrected chi connectivity index (χ4v) is 3.28. The third-order valence-corrected chi connectivity index (χ3v) is 4.54. The van der Waals surface area contributed by atoms with Crippen LogP contribution in [0.1, 0.15) is 19.3 Å². The van der Waals surface area contributed by atoms with Gasteiger partial charge in [-0.1, -0.05) is 12.2 Å². The summed E-state index contributed by atoms with van der Waals surface area (Å²) >= 11 is 0. The van der Waals surface area contributed by atoms with Crippen LogP contribution in [0.2, 0.25) is 0 Å². The van der Waals surface area contributed by atoms with Crippen molar-refractivity contribution in [2.45, 2.75) is 19.3 Å². The number of sulfone groups is 1. The summed E-state index contributed by atoms with van der Waals surface area (Å²) in [5.41, 5.74) is 1.20.